The number of carbonyl (C=O) groups is 1. The van der Waals surface area contributed by atoms with Crippen molar-refractivity contribution in [3.63, 3.8) is 0 Å². The van der Waals surface area contributed by atoms with Crippen molar-refractivity contribution in [3.8, 4) is 0 Å². The van der Waals surface area contributed by atoms with Gasteiger partial charge in [-0.2, -0.15) is 0 Å². The highest BCUT2D eigenvalue weighted by Gasteiger charge is 2.26. The summed E-state index contributed by atoms with van der Waals surface area (Å²) in [5.41, 5.74) is 1.90. The molecule has 23 heavy (non-hydrogen) atoms. The number of nitrogens with zero attached hydrogens (tertiary/aromatic N) is 1. The summed E-state index contributed by atoms with van der Waals surface area (Å²) in [6.07, 6.45) is 3.90. The molecule has 1 aromatic rings. The third-order valence-corrected chi connectivity index (χ3v) is 4.62. The van der Waals surface area contributed by atoms with E-state index in [9.17, 15) is 9.90 Å². The molecule has 1 aromatic carbocycles. The van der Waals surface area contributed by atoms with Crippen molar-refractivity contribution in [1.82, 2.24) is 4.90 Å². The van der Waals surface area contributed by atoms with E-state index < -0.39 is 0 Å². The van der Waals surface area contributed by atoms with Crippen LogP contribution in [0.3, 0.4) is 0 Å². The lowest BCUT2D eigenvalue weighted by atomic mass is 9.86. The Morgan fingerprint density at radius 2 is 1.91 bits per heavy atom. The van der Waals surface area contributed by atoms with Crippen LogP contribution in [0, 0.1) is 5.92 Å². The van der Waals surface area contributed by atoms with Crippen LogP contribution in [0.4, 0.5) is 10.5 Å². The highest BCUT2D eigenvalue weighted by Crippen LogP contribution is 2.27. The van der Waals surface area contributed by atoms with Gasteiger partial charge in [0.25, 0.3) is 0 Å². The summed E-state index contributed by atoms with van der Waals surface area (Å²) in [5.74, 6) is 0.403. The second-order valence-electron chi connectivity index (χ2n) is 6.23. The van der Waals surface area contributed by atoms with Crippen molar-refractivity contribution in [1.29, 1.82) is 0 Å². The van der Waals surface area contributed by atoms with Crippen LogP contribution >= 0.6 is 0 Å². The lowest BCUT2D eigenvalue weighted by molar-refractivity contribution is 0.134. The van der Waals surface area contributed by atoms with Crippen molar-refractivity contribution >= 4 is 11.7 Å². The summed E-state index contributed by atoms with van der Waals surface area (Å²) >= 11 is 0. The Morgan fingerprint density at radius 1 is 1.26 bits per heavy atom. The lowest BCUT2D eigenvalue weighted by Crippen LogP contribution is -2.42. The molecule has 0 heterocycles. The first-order valence-electron chi connectivity index (χ1n) is 8.45. The summed E-state index contributed by atoms with van der Waals surface area (Å²) in [4.78, 5) is 14.2. The van der Waals surface area contributed by atoms with E-state index in [2.05, 4.69) is 5.32 Å². The van der Waals surface area contributed by atoms with Crippen LogP contribution in [0.2, 0.25) is 0 Å². The Morgan fingerprint density at radius 3 is 2.48 bits per heavy atom. The monoisotopic (exact) mass is 320 g/mol. The third-order valence-electron chi connectivity index (χ3n) is 4.62. The van der Waals surface area contributed by atoms with Gasteiger partial charge in [0.1, 0.15) is 0 Å². The molecule has 0 aromatic heterocycles. The van der Waals surface area contributed by atoms with E-state index >= 15 is 0 Å². The Bertz CT molecular complexity index is 482. The first kappa shape index (κ1) is 17.8. The van der Waals surface area contributed by atoms with E-state index in [1.54, 1.807) is 4.90 Å². The molecule has 1 aliphatic carbocycles. The fraction of sp³-hybridized carbons (Fsp3) is 0.611. The third kappa shape index (κ3) is 5.22. The topological polar surface area (TPSA) is 61.8 Å². The molecular weight excluding hydrogens is 292 g/mol. The quantitative estimate of drug-likeness (QED) is 0.846. The molecule has 0 radical (unpaired) electrons. The molecule has 2 N–H and O–H groups in total. The van der Waals surface area contributed by atoms with Gasteiger partial charge in [-0.3, -0.25) is 0 Å². The number of nitrogens with one attached hydrogen (secondary N) is 1. The molecule has 1 saturated carbocycles. The largest absolute Gasteiger partial charge is 0.396 e. The van der Waals surface area contributed by atoms with Gasteiger partial charge in [-0.15, -0.1) is 0 Å². The molecule has 0 aliphatic heterocycles. The average Bonchev–Trinajstić information content (AvgIpc) is 2.60. The fourth-order valence-electron chi connectivity index (χ4n) is 3.00. The zero-order valence-corrected chi connectivity index (χ0v) is 14.1. The molecule has 0 bridgehead atoms. The molecule has 0 saturated heterocycles. The predicted molar refractivity (Wildman–Crippen MR) is 91.4 cm³/mol. The zero-order valence-electron chi connectivity index (χ0n) is 14.1. The lowest BCUT2D eigenvalue weighted by Gasteiger charge is -2.34. The van der Waals surface area contributed by atoms with E-state index in [1.807, 2.05) is 38.2 Å². The molecule has 0 atom stereocenters. The van der Waals surface area contributed by atoms with Crippen LogP contribution in [0.1, 0.15) is 38.2 Å². The number of aliphatic hydroxyl groups is 1. The SMILES string of the molecule is CCOCc1ccc(NC(=O)N(C)C2CCC(CO)CC2)cc1. The van der Waals surface area contributed by atoms with Crippen LogP contribution in [-0.2, 0) is 11.3 Å². The van der Waals surface area contributed by atoms with Crippen LogP contribution in [-0.4, -0.2) is 42.3 Å². The van der Waals surface area contributed by atoms with Crippen molar-refractivity contribution < 1.29 is 14.6 Å². The number of hydrogen-bond donors (Lipinski definition) is 2. The van der Waals surface area contributed by atoms with E-state index in [-0.39, 0.29) is 18.7 Å². The van der Waals surface area contributed by atoms with Gasteiger partial charge >= 0.3 is 6.03 Å². The standard InChI is InChI=1S/C18H28N2O3/c1-3-23-13-15-4-8-16(9-5-15)19-18(22)20(2)17-10-6-14(12-21)7-11-17/h4-5,8-9,14,17,21H,3,6-7,10-13H2,1-2H3,(H,19,22). The molecule has 2 amide bonds. The zero-order chi connectivity index (χ0) is 16.7. The van der Waals surface area contributed by atoms with Gasteiger partial charge < -0.3 is 20.1 Å². The van der Waals surface area contributed by atoms with Gasteiger partial charge in [-0.05, 0) is 56.2 Å². The van der Waals surface area contributed by atoms with E-state index in [4.69, 9.17) is 4.74 Å². The molecule has 128 valence electrons. The van der Waals surface area contributed by atoms with Crippen LogP contribution in [0.5, 0.6) is 0 Å². The van der Waals surface area contributed by atoms with Gasteiger partial charge in [-0.25, -0.2) is 4.79 Å². The number of amides is 2. The minimum Gasteiger partial charge on any atom is -0.396 e. The van der Waals surface area contributed by atoms with Crippen LogP contribution in [0.25, 0.3) is 0 Å². The van der Waals surface area contributed by atoms with Crippen molar-refractivity contribution in [2.24, 2.45) is 5.92 Å². The summed E-state index contributed by atoms with van der Waals surface area (Å²) in [5, 5.41) is 12.1. The van der Waals surface area contributed by atoms with Crippen LogP contribution in [0.15, 0.2) is 24.3 Å². The number of benzene rings is 1. The smallest absolute Gasteiger partial charge is 0.321 e. The molecule has 5 nitrogen and oxygen atoms in total. The van der Waals surface area contributed by atoms with Crippen LogP contribution < -0.4 is 5.32 Å². The van der Waals surface area contributed by atoms with Gasteiger partial charge in [0.05, 0.1) is 6.61 Å². The fourth-order valence-corrected chi connectivity index (χ4v) is 3.00. The highest BCUT2D eigenvalue weighted by molar-refractivity contribution is 5.89. The normalized spacial score (nSPS) is 21.0. The molecule has 1 fully saturated rings. The van der Waals surface area contributed by atoms with Gasteiger partial charge in [-0.1, -0.05) is 12.1 Å². The first-order chi connectivity index (χ1) is 11.1. The Labute approximate surface area is 138 Å². The molecule has 2 rings (SSSR count). The van der Waals surface area contributed by atoms with E-state index in [1.165, 1.54) is 0 Å². The van der Waals surface area contributed by atoms with E-state index in [0.29, 0.717) is 19.1 Å². The molecule has 1 aliphatic rings. The van der Waals surface area contributed by atoms with Gasteiger partial charge in [0.15, 0.2) is 0 Å². The Hall–Kier alpha value is -1.59. The molecule has 0 spiro atoms. The number of carbonyl (C=O) groups excluding carboxylic acids is 1. The highest BCUT2D eigenvalue weighted by atomic mass is 16.5. The Kier molecular flexibility index (Phi) is 6.86. The number of rotatable bonds is 6. The first-order valence-corrected chi connectivity index (χ1v) is 8.45. The second-order valence-corrected chi connectivity index (χ2v) is 6.23. The number of ether oxygens (including phenoxy) is 1. The van der Waals surface area contributed by atoms with Gasteiger partial charge in [0.2, 0.25) is 0 Å². The summed E-state index contributed by atoms with van der Waals surface area (Å²) < 4.78 is 5.36. The maximum Gasteiger partial charge on any atom is 0.321 e. The number of anilines is 1. The summed E-state index contributed by atoms with van der Waals surface area (Å²) in [7, 11) is 1.85. The van der Waals surface area contributed by atoms with Crippen molar-refractivity contribution in [2.75, 3.05) is 25.6 Å². The maximum atomic E-state index is 12.4. The molecular formula is C18H28N2O3. The number of aliphatic hydroxyl groups excluding tert-OH is 1. The average molecular weight is 320 g/mol. The maximum absolute atomic E-state index is 12.4. The minimum absolute atomic E-state index is 0.0741. The Balaban J connectivity index is 1.83. The number of urea groups is 1. The predicted octanol–water partition coefficient (Wildman–Crippen LogP) is 3.24. The number of hydrogen-bond acceptors (Lipinski definition) is 3. The van der Waals surface area contributed by atoms with Gasteiger partial charge in [0, 0.05) is 32.0 Å². The summed E-state index contributed by atoms with van der Waals surface area (Å²) in [6, 6.07) is 7.94. The molecule has 5 heteroatoms. The van der Waals surface area contributed by atoms with Crippen molar-refractivity contribution in [3.05, 3.63) is 29.8 Å². The second kappa shape index (κ2) is 8.89. The summed E-state index contributed by atoms with van der Waals surface area (Å²) in [6.45, 7) is 3.52. The minimum atomic E-state index is -0.0741. The molecule has 0 unspecified atom stereocenters. The van der Waals surface area contributed by atoms with Crippen molar-refractivity contribution in [2.45, 2.75) is 45.3 Å². The van der Waals surface area contributed by atoms with E-state index in [0.717, 1.165) is 36.9 Å².